The fraction of sp³-hybridized carbons (Fsp3) is 0.500. The average molecular weight is 610 g/mol. The first kappa shape index (κ1) is 28.0. The molecule has 14 nitrogen and oxygen atoms in total. The van der Waals surface area contributed by atoms with Gasteiger partial charge in [-0.05, 0) is 47.9 Å². The molecule has 0 bridgehead atoms. The van der Waals surface area contributed by atoms with Crippen molar-refractivity contribution in [3.63, 3.8) is 0 Å². The summed E-state index contributed by atoms with van der Waals surface area (Å²) in [6.07, 6.45) is 10.3. The summed E-state index contributed by atoms with van der Waals surface area (Å²) in [7, 11) is 0. The van der Waals surface area contributed by atoms with Gasteiger partial charge in [0.1, 0.15) is 30.0 Å². The Morgan fingerprint density at radius 1 is 1.12 bits per heavy atom. The first-order valence-electron chi connectivity index (χ1n) is 14.4. The van der Waals surface area contributed by atoms with Crippen LogP contribution in [0.1, 0.15) is 38.6 Å². The molecule has 1 N–H and O–H groups in total. The molecule has 3 aliphatic rings. The van der Waals surface area contributed by atoms with Gasteiger partial charge >= 0.3 is 0 Å². The summed E-state index contributed by atoms with van der Waals surface area (Å²) >= 11 is 6.43. The Morgan fingerprint density at radius 3 is 2.60 bits per heavy atom. The Bertz CT molecular complexity index is 1510. The van der Waals surface area contributed by atoms with E-state index in [9.17, 15) is 0 Å². The molecule has 226 valence electrons. The summed E-state index contributed by atoms with van der Waals surface area (Å²) in [5, 5.41) is 19.8. The lowest BCUT2D eigenvalue weighted by atomic mass is 9.90. The largest absolute Gasteiger partial charge is 0.487 e. The number of hydrogen-bond donors (Lipinski definition) is 1. The highest BCUT2D eigenvalue weighted by Crippen LogP contribution is 2.41. The van der Waals surface area contributed by atoms with Gasteiger partial charge < -0.3 is 29.0 Å². The Morgan fingerprint density at radius 2 is 1.91 bits per heavy atom. The highest BCUT2D eigenvalue weighted by molar-refractivity contribution is 6.32. The quantitative estimate of drug-likeness (QED) is 0.279. The molecule has 0 radical (unpaired) electrons. The molecule has 3 fully saturated rings. The highest BCUT2D eigenvalue weighted by atomic mass is 35.5. The highest BCUT2D eigenvalue weighted by Gasteiger charge is 2.41. The third kappa shape index (κ3) is 6.27. The van der Waals surface area contributed by atoms with E-state index in [0.717, 1.165) is 36.8 Å². The van der Waals surface area contributed by atoms with Crippen molar-refractivity contribution in [3.8, 4) is 22.8 Å². The molecule has 2 saturated heterocycles. The van der Waals surface area contributed by atoms with Gasteiger partial charge in [0.15, 0.2) is 5.79 Å². The lowest BCUT2D eigenvalue weighted by Gasteiger charge is -2.35. The first-order chi connectivity index (χ1) is 21.0. The Balaban J connectivity index is 1.04. The van der Waals surface area contributed by atoms with Gasteiger partial charge in [0.25, 0.3) is 5.88 Å². The van der Waals surface area contributed by atoms with Crippen LogP contribution in [0.5, 0.6) is 11.6 Å². The lowest BCUT2D eigenvalue weighted by molar-refractivity contribution is -0.181. The minimum atomic E-state index is -0.423. The second kappa shape index (κ2) is 12.0. The van der Waals surface area contributed by atoms with Crippen molar-refractivity contribution < 1.29 is 23.7 Å². The molecule has 43 heavy (non-hydrogen) atoms. The lowest BCUT2D eigenvalue weighted by Crippen LogP contribution is -2.38. The fourth-order valence-corrected chi connectivity index (χ4v) is 5.65. The van der Waals surface area contributed by atoms with E-state index in [1.165, 1.54) is 0 Å². The van der Waals surface area contributed by atoms with Gasteiger partial charge in [-0.2, -0.15) is 0 Å². The summed E-state index contributed by atoms with van der Waals surface area (Å²) < 4.78 is 32.9. The minimum Gasteiger partial charge on any atom is -0.487 e. The van der Waals surface area contributed by atoms with Crippen molar-refractivity contribution in [1.82, 2.24) is 40.0 Å². The van der Waals surface area contributed by atoms with Crippen molar-refractivity contribution >= 4 is 23.2 Å². The third-order valence-corrected chi connectivity index (χ3v) is 8.13. The predicted octanol–water partition coefficient (Wildman–Crippen LogP) is 3.83. The molecule has 15 heteroatoms. The van der Waals surface area contributed by atoms with Gasteiger partial charge in [-0.25, -0.2) is 14.6 Å². The van der Waals surface area contributed by atoms with E-state index >= 15 is 0 Å². The zero-order valence-corrected chi connectivity index (χ0v) is 24.4. The average Bonchev–Trinajstić information content (AvgIpc) is 3.76. The Kier molecular flexibility index (Phi) is 7.82. The molecule has 1 aromatic carbocycles. The van der Waals surface area contributed by atoms with Gasteiger partial charge in [-0.15, -0.1) is 10.2 Å². The van der Waals surface area contributed by atoms with Crippen LogP contribution in [0.3, 0.4) is 0 Å². The number of nitrogens with zero attached hydrogens (tertiary/aromatic N) is 8. The monoisotopic (exact) mass is 609 g/mol. The van der Waals surface area contributed by atoms with E-state index in [4.69, 9.17) is 40.4 Å². The number of anilines is 2. The topological polar surface area (TPSA) is 145 Å². The number of benzene rings is 1. The summed E-state index contributed by atoms with van der Waals surface area (Å²) in [6, 6.07) is 5.79. The molecule has 0 amide bonds. The van der Waals surface area contributed by atoms with Crippen LogP contribution in [0.2, 0.25) is 5.02 Å². The van der Waals surface area contributed by atoms with E-state index in [-0.39, 0.29) is 18.2 Å². The SMILES string of the molecule is CC(Cn1cnnn1)Oc1cc(-c2cnc(Nc3cn(C4CCC5(CC4)OCCO5)nc3OC3COC3)nc2)ccc1Cl. The van der Waals surface area contributed by atoms with Crippen LogP contribution in [0, 0.1) is 0 Å². The van der Waals surface area contributed by atoms with Gasteiger partial charge in [0.2, 0.25) is 5.95 Å². The smallest absolute Gasteiger partial charge is 0.257 e. The second-order valence-corrected chi connectivity index (χ2v) is 11.4. The zero-order valence-electron chi connectivity index (χ0n) is 23.6. The number of tetrazole rings is 1. The maximum absolute atomic E-state index is 6.43. The van der Waals surface area contributed by atoms with Gasteiger partial charge in [0, 0.05) is 30.8 Å². The number of halogens is 1. The standard InChI is InChI=1S/C28H32ClN9O5/c1-18(13-37-17-32-35-36-37)42-25-10-19(2-3-23(25)29)20-11-30-27(31-12-20)33-24-14-38(34-26(24)43-22-15-39-16-22)21-4-6-28(7-5-21)40-8-9-41-28/h2-3,10-12,14,17-18,21-22H,4-9,13,15-16H2,1H3,(H,30,31,33). The number of aromatic nitrogens is 8. The normalized spacial score (nSPS) is 19.3. The summed E-state index contributed by atoms with van der Waals surface area (Å²) in [4.78, 5) is 9.13. The number of nitrogens with one attached hydrogen (secondary N) is 1. The Labute approximate surface area is 252 Å². The summed E-state index contributed by atoms with van der Waals surface area (Å²) in [6.45, 7) is 4.82. The molecular formula is C28H32ClN9O5. The molecule has 1 unspecified atom stereocenters. The molecule has 1 atom stereocenters. The van der Waals surface area contributed by atoms with Crippen LogP contribution < -0.4 is 14.8 Å². The molecule has 4 aromatic rings. The first-order valence-corrected chi connectivity index (χ1v) is 14.8. The van der Waals surface area contributed by atoms with E-state index in [0.29, 0.717) is 61.3 Å². The molecule has 1 spiro atoms. The third-order valence-electron chi connectivity index (χ3n) is 7.82. The summed E-state index contributed by atoms with van der Waals surface area (Å²) in [5.74, 6) is 1.06. The van der Waals surface area contributed by atoms with Crippen molar-refractivity contribution in [2.75, 3.05) is 31.7 Å². The van der Waals surface area contributed by atoms with Crippen molar-refractivity contribution in [2.45, 2.75) is 63.2 Å². The van der Waals surface area contributed by atoms with Gasteiger partial charge in [-0.3, -0.25) is 4.68 Å². The van der Waals surface area contributed by atoms with E-state index < -0.39 is 5.79 Å². The molecule has 5 heterocycles. The Hall–Kier alpha value is -3.85. The molecule has 7 rings (SSSR count). The maximum atomic E-state index is 6.43. The van der Waals surface area contributed by atoms with Crippen molar-refractivity contribution in [1.29, 1.82) is 0 Å². The predicted molar refractivity (Wildman–Crippen MR) is 153 cm³/mol. The van der Waals surface area contributed by atoms with Crippen LogP contribution in [0.15, 0.2) is 43.1 Å². The van der Waals surface area contributed by atoms with Crippen LogP contribution in [-0.4, -0.2) is 84.4 Å². The molecule has 3 aromatic heterocycles. The van der Waals surface area contributed by atoms with E-state index in [1.807, 2.05) is 29.9 Å². The van der Waals surface area contributed by atoms with E-state index in [1.54, 1.807) is 29.5 Å². The van der Waals surface area contributed by atoms with Crippen molar-refractivity contribution in [3.05, 3.63) is 48.1 Å². The van der Waals surface area contributed by atoms with Gasteiger partial charge in [0.05, 0.1) is 50.2 Å². The molecule has 2 aliphatic heterocycles. The molecular weight excluding hydrogens is 578 g/mol. The second-order valence-electron chi connectivity index (χ2n) is 11.0. The van der Waals surface area contributed by atoms with Gasteiger partial charge in [-0.1, -0.05) is 17.7 Å². The van der Waals surface area contributed by atoms with Crippen molar-refractivity contribution in [2.24, 2.45) is 0 Å². The molecule has 1 aliphatic carbocycles. The van der Waals surface area contributed by atoms with Crippen LogP contribution in [-0.2, 0) is 20.8 Å². The zero-order chi connectivity index (χ0) is 29.2. The number of hydrogen-bond acceptors (Lipinski definition) is 12. The summed E-state index contributed by atoms with van der Waals surface area (Å²) in [5.41, 5.74) is 2.38. The molecule has 1 saturated carbocycles. The fourth-order valence-electron chi connectivity index (χ4n) is 5.48. The van der Waals surface area contributed by atoms with E-state index in [2.05, 4.69) is 30.8 Å². The minimum absolute atomic E-state index is 0.0287. The number of rotatable bonds is 10. The maximum Gasteiger partial charge on any atom is 0.257 e. The van der Waals surface area contributed by atoms with Crippen LogP contribution >= 0.6 is 11.6 Å². The number of ether oxygens (including phenoxy) is 5. The van der Waals surface area contributed by atoms with Crippen LogP contribution in [0.25, 0.3) is 11.1 Å². The van der Waals surface area contributed by atoms with Crippen LogP contribution in [0.4, 0.5) is 11.6 Å².